The van der Waals surface area contributed by atoms with Crippen LogP contribution in [0, 0.1) is 5.92 Å². The molecule has 5 heteroatoms. The second-order valence-corrected chi connectivity index (χ2v) is 5.90. The molecule has 4 nitrogen and oxygen atoms in total. The van der Waals surface area contributed by atoms with E-state index in [0.717, 1.165) is 39.0 Å². The lowest BCUT2D eigenvalue weighted by Gasteiger charge is -2.31. The smallest absolute Gasteiger partial charge is 0.251 e. The average molecular weight is 311 g/mol. The molecule has 0 atom stereocenters. The van der Waals surface area contributed by atoms with Crippen molar-refractivity contribution in [2.24, 2.45) is 5.92 Å². The van der Waals surface area contributed by atoms with Gasteiger partial charge in [-0.1, -0.05) is 18.5 Å². The van der Waals surface area contributed by atoms with Gasteiger partial charge in [-0.25, -0.2) is 0 Å². The van der Waals surface area contributed by atoms with Crippen molar-refractivity contribution in [3.63, 3.8) is 0 Å². The van der Waals surface area contributed by atoms with Crippen LogP contribution in [0.1, 0.15) is 30.1 Å². The summed E-state index contributed by atoms with van der Waals surface area (Å²) in [4.78, 5) is 14.6. The topological polar surface area (TPSA) is 41.6 Å². The summed E-state index contributed by atoms with van der Waals surface area (Å²) in [7, 11) is 1.56. The molecule has 1 N–H and O–H groups in total. The van der Waals surface area contributed by atoms with Gasteiger partial charge in [0.15, 0.2) is 0 Å². The van der Waals surface area contributed by atoms with Gasteiger partial charge in [0.25, 0.3) is 5.91 Å². The normalized spacial score (nSPS) is 16.7. The van der Waals surface area contributed by atoms with Crippen LogP contribution in [0.15, 0.2) is 18.2 Å². The number of hydrogen-bond donors (Lipinski definition) is 1. The molecule has 1 heterocycles. The van der Waals surface area contributed by atoms with E-state index in [0.29, 0.717) is 22.3 Å². The Hall–Kier alpha value is -1.26. The van der Waals surface area contributed by atoms with Crippen LogP contribution in [0.2, 0.25) is 5.02 Å². The van der Waals surface area contributed by atoms with Crippen LogP contribution < -0.4 is 10.1 Å². The number of nitrogens with zero attached hydrogens (tertiary/aromatic N) is 1. The summed E-state index contributed by atoms with van der Waals surface area (Å²) in [6, 6.07) is 5.07. The maximum Gasteiger partial charge on any atom is 0.251 e. The van der Waals surface area contributed by atoms with Crippen molar-refractivity contribution in [1.82, 2.24) is 10.2 Å². The number of piperidine rings is 1. The summed E-state index contributed by atoms with van der Waals surface area (Å²) in [5.41, 5.74) is 0.547. The molecule has 1 amide bonds. The van der Waals surface area contributed by atoms with E-state index in [1.807, 2.05) is 0 Å². The maximum atomic E-state index is 12.2. The highest BCUT2D eigenvalue weighted by molar-refractivity contribution is 6.31. The van der Waals surface area contributed by atoms with E-state index in [1.54, 1.807) is 25.3 Å². The highest BCUT2D eigenvalue weighted by Gasteiger charge is 2.19. The number of hydrogen-bond acceptors (Lipinski definition) is 3. The van der Waals surface area contributed by atoms with E-state index in [1.165, 1.54) is 0 Å². The average Bonchev–Trinajstić information content (AvgIpc) is 2.52. The van der Waals surface area contributed by atoms with Gasteiger partial charge >= 0.3 is 0 Å². The molecule has 0 spiro atoms. The zero-order chi connectivity index (χ0) is 15.2. The SMILES string of the molecule is CCN1CCC(CNC(=O)c2cc(Cl)cc(OC)c2)CC1. The minimum atomic E-state index is -0.0891. The summed E-state index contributed by atoms with van der Waals surface area (Å²) in [6.45, 7) is 6.28. The maximum absolute atomic E-state index is 12.2. The molecular formula is C16H23ClN2O2. The first-order valence-corrected chi connectivity index (χ1v) is 7.85. The summed E-state index contributed by atoms with van der Waals surface area (Å²) in [6.07, 6.45) is 2.29. The van der Waals surface area contributed by atoms with Gasteiger partial charge in [0.1, 0.15) is 5.75 Å². The number of carbonyl (C=O) groups excluding carboxylic acids is 1. The molecule has 0 saturated carbocycles. The van der Waals surface area contributed by atoms with Gasteiger partial charge in [-0.3, -0.25) is 4.79 Å². The molecule has 21 heavy (non-hydrogen) atoms. The van der Waals surface area contributed by atoms with E-state index >= 15 is 0 Å². The van der Waals surface area contributed by atoms with Crippen molar-refractivity contribution in [3.8, 4) is 5.75 Å². The van der Waals surface area contributed by atoms with Crippen LogP contribution in [0.3, 0.4) is 0 Å². The summed E-state index contributed by atoms with van der Waals surface area (Å²) >= 11 is 5.99. The molecule has 0 unspecified atom stereocenters. The number of carbonyl (C=O) groups is 1. The van der Waals surface area contributed by atoms with Crippen molar-refractivity contribution in [2.75, 3.05) is 33.3 Å². The zero-order valence-corrected chi connectivity index (χ0v) is 13.4. The van der Waals surface area contributed by atoms with E-state index in [4.69, 9.17) is 16.3 Å². The minimum absolute atomic E-state index is 0.0891. The Labute approximate surface area is 131 Å². The Morgan fingerprint density at radius 2 is 2.10 bits per heavy atom. The number of halogens is 1. The first-order valence-electron chi connectivity index (χ1n) is 7.47. The molecule has 1 aliphatic rings. The second-order valence-electron chi connectivity index (χ2n) is 5.47. The standard InChI is InChI=1S/C16H23ClN2O2/c1-3-19-6-4-12(5-7-19)11-18-16(20)13-8-14(17)10-15(9-13)21-2/h8-10,12H,3-7,11H2,1-2H3,(H,18,20). The zero-order valence-electron chi connectivity index (χ0n) is 12.7. The first kappa shape index (κ1) is 16.1. The molecule has 0 aromatic heterocycles. The lowest BCUT2D eigenvalue weighted by atomic mass is 9.97. The molecule has 116 valence electrons. The van der Waals surface area contributed by atoms with Crippen molar-refractivity contribution >= 4 is 17.5 Å². The van der Waals surface area contributed by atoms with Crippen LogP contribution >= 0.6 is 11.6 Å². The Balaban J connectivity index is 1.86. The van der Waals surface area contributed by atoms with E-state index in [9.17, 15) is 4.79 Å². The van der Waals surface area contributed by atoms with Gasteiger partial charge in [0.2, 0.25) is 0 Å². The van der Waals surface area contributed by atoms with Gasteiger partial charge in [0.05, 0.1) is 7.11 Å². The number of benzene rings is 1. The Morgan fingerprint density at radius 3 is 2.71 bits per heavy atom. The van der Waals surface area contributed by atoms with E-state index in [2.05, 4.69) is 17.1 Å². The predicted molar refractivity (Wildman–Crippen MR) is 85.2 cm³/mol. The van der Waals surface area contributed by atoms with Crippen LogP contribution in [0.5, 0.6) is 5.75 Å². The van der Waals surface area contributed by atoms with Crippen LogP contribution in [0.25, 0.3) is 0 Å². The lowest BCUT2D eigenvalue weighted by Crippen LogP contribution is -2.38. The first-order chi connectivity index (χ1) is 10.1. The molecule has 0 aliphatic carbocycles. The molecule has 1 saturated heterocycles. The van der Waals surface area contributed by atoms with Crippen LogP contribution in [-0.2, 0) is 0 Å². The number of methoxy groups -OCH3 is 1. The number of rotatable bonds is 5. The Morgan fingerprint density at radius 1 is 1.38 bits per heavy atom. The quantitative estimate of drug-likeness (QED) is 0.909. The van der Waals surface area contributed by atoms with Gasteiger partial charge in [-0.15, -0.1) is 0 Å². The fraction of sp³-hybridized carbons (Fsp3) is 0.562. The molecule has 0 radical (unpaired) electrons. The minimum Gasteiger partial charge on any atom is -0.497 e. The molecule has 2 rings (SSSR count). The molecular weight excluding hydrogens is 288 g/mol. The van der Waals surface area contributed by atoms with Gasteiger partial charge in [-0.05, 0) is 56.6 Å². The number of likely N-dealkylation sites (tertiary alicyclic amines) is 1. The highest BCUT2D eigenvalue weighted by Crippen LogP contribution is 2.21. The summed E-state index contributed by atoms with van der Waals surface area (Å²) in [5.74, 6) is 1.08. The van der Waals surface area contributed by atoms with Crippen molar-refractivity contribution < 1.29 is 9.53 Å². The molecule has 1 aliphatic heterocycles. The largest absolute Gasteiger partial charge is 0.497 e. The third-order valence-electron chi connectivity index (χ3n) is 4.07. The van der Waals surface area contributed by atoms with E-state index in [-0.39, 0.29) is 5.91 Å². The monoisotopic (exact) mass is 310 g/mol. The predicted octanol–water partition coefficient (Wildman–Crippen LogP) is 2.81. The highest BCUT2D eigenvalue weighted by atomic mass is 35.5. The number of ether oxygens (including phenoxy) is 1. The van der Waals surface area contributed by atoms with Crippen LogP contribution in [-0.4, -0.2) is 44.1 Å². The van der Waals surface area contributed by atoms with Gasteiger partial charge < -0.3 is 15.0 Å². The lowest BCUT2D eigenvalue weighted by molar-refractivity contribution is 0.0936. The van der Waals surface area contributed by atoms with Crippen molar-refractivity contribution in [1.29, 1.82) is 0 Å². The Bertz CT molecular complexity index is 485. The number of amides is 1. The van der Waals surface area contributed by atoms with Crippen LogP contribution in [0.4, 0.5) is 0 Å². The molecule has 0 bridgehead atoms. The number of nitrogens with one attached hydrogen (secondary N) is 1. The van der Waals surface area contributed by atoms with Gasteiger partial charge in [0, 0.05) is 17.1 Å². The fourth-order valence-electron chi connectivity index (χ4n) is 2.66. The van der Waals surface area contributed by atoms with Crippen molar-refractivity contribution in [3.05, 3.63) is 28.8 Å². The molecule has 1 aromatic carbocycles. The van der Waals surface area contributed by atoms with E-state index < -0.39 is 0 Å². The second kappa shape index (κ2) is 7.66. The Kier molecular flexibility index (Phi) is 5.88. The third-order valence-corrected chi connectivity index (χ3v) is 4.29. The molecule has 1 fully saturated rings. The third kappa shape index (κ3) is 4.61. The summed E-state index contributed by atoms with van der Waals surface area (Å²) < 4.78 is 5.13. The summed E-state index contributed by atoms with van der Waals surface area (Å²) in [5, 5.41) is 3.52. The fourth-order valence-corrected chi connectivity index (χ4v) is 2.88. The molecule has 1 aromatic rings. The van der Waals surface area contributed by atoms with Crippen molar-refractivity contribution in [2.45, 2.75) is 19.8 Å². The van der Waals surface area contributed by atoms with Gasteiger partial charge in [-0.2, -0.15) is 0 Å².